The minimum absolute atomic E-state index is 0.165. The average molecular weight is 436 g/mol. The summed E-state index contributed by atoms with van der Waals surface area (Å²) in [6.07, 6.45) is 1.89. The first-order valence-corrected chi connectivity index (χ1v) is 10.5. The van der Waals surface area contributed by atoms with Crippen LogP contribution in [-0.2, 0) is 11.2 Å². The lowest BCUT2D eigenvalue weighted by Gasteiger charge is -2.11. The van der Waals surface area contributed by atoms with Gasteiger partial charge in [0.1, 0.15) is 11.4 Å². The van der Waals surface area contributed by atoms with E-state index < -0.39 is 0 Å². The zero-order valence-electron chi connectivity index (χ0n) is 16.1. The Hall–Kier alpha value is -3.22. The molecule has 2 aromatic carbocycles. The number of aromatic nitrogens is 2. The molecular weight excluding hydrogens is 418 g/mol. The summed E-state index contributed by atoms with van der Waals surface area (Å²) in [6, 6.07) is 18.7. The smallest absolute Gasteiger partial charge is 0.230 e. The molecule has 4 rings (SSSR count). The predicted molar refractivity (Wildman–Crippen MR) is 121 cm³/mol. The van der Waals surface area contributed by atoms with E-state index in [-0.39, 0.29) is 12.3 Å². The van der Waals surface area contributed by atoms with Gasteiger partial charge in [0.05, 0.1) is 30.3 Å². The number of benzene rings is 2. The molecule has 0 atom stereocenters. The summed E-state index contributed by atoms with van der Waals surface area (Å²) in [7, 11) is 1.63. The minimum Gasteiger partial charge on any atom is -0.497 e. The molecule has 0 radical (unpaired) electrons. The number of nitrogens with one attached hydrogen (secondary N) is 1. The second-order valence-electron chi connectivity index (χ2n) is 6.51. The van der Waals surface area contributed by atoms with E-state index in [9.17, 15) is 4.79 Å². The number of hydrogen-bond donors (Lipinski definition) is 1. The molecule has 0 saturated heterocycles. The summed E-state index contributed by atoms with van der Waals surface area (Å²) < 4.78 is 5.22. The fraction of sp³-hybridized carbons (Fsp3) is 0.0870. The van der Waals surface area contributed by atoms with Crippen LogP contribution in [-0.4, -0.2) is 23.0 Å². The summed E-state index contributed by atoms with van der Waals surface area (Å²) in [5.74, 6) is 1.05. The number of rotatable bonds is 6. The second-order valence-corrected chi connectivity index (χ2v) is 7.89. The molecule has 0 fully saturated rings. The number of ether oxygens (including phenoxy) is 1. The number of carbonyl (C=O) groups is 1. The van der Waals surface area contributed by atoms with Crippen molar-refractivity contribution in [2.45, 2.75) is 6.42 Å². The summed E-state index contributed by atoms with van der Waals surface area (Å²) >= 11 is 7.46. The van der Waals surface area contributed by atoms with Crippen LogP contribution in [0.4, 0.5) is 5.82 Å². The highest BCUT2D eigenvalue weighted by Crippen LogP contribution is 2.31. The number of thiophene rings is 1. The number of anilines is 1. The van der Waals surface area contributed by atoms with E-state index in [0.29, 0.717) is 16.5 Å². The van der Waals surface area contributed by atoms with Crippen molar-refractivity contribution >= 4 is 34.7 Å². The van der Waals surface area contributed by atoms with E-state index in [4.69, 9.17) is 21.3 Å². The first-order chi connectivity index (χ1) is 14.6. The Morgan fingerprint density at radius 2 is 1.87 bits per heavy atom. The average Bonchev–Trinajstić information content (AvgIpc) is 3.30. The van der Waals surface area contributed by atoms with E-state index in [0.717, 1.165) is 27.4 Å². The van der Waals surface area contributed by atoms with Gasteiger partial charge in [0.2, 0.25) is 5.91 Å². The quantitative estimate of drug-likeness (QED) is 0.421. The van der Waals surface area contributed by atoms with Crippen LogP contribution in [0.1, 0.15) is 5.56 Å². The Balaban J connectivity index is 1.62. The fourth-order valence-corrected chi connectivity index (χ4v) is 3.77. The molecule has 2 aromatic heterocycles. The van der Waals surface area contributed by atoms with Crippen LogP contribution < -0.4 is 10.1 Å². The van der Waals surface area contributed by atoms with Crippen LogP contribution >= 0.6 is 22.9 Å². The topological polar surface area (TPSA) is 64.1 Å². The third-order valence-electron chi connectivity index (χ3n) is 4.45. The molecule has 0 bridgehead atoms. The molecule has 5 nitrogen and oxygen atoms in total. The highest BCUT2D eigenvalue weighted by Gasteiger charge is 2.15. The van der Waals surface area contributed by atoms with Gasteiger partial charge in [0.25, 0.3) is 0 Å². The lowest BCUT2D eigenvalue weighted by atomic mass is 10.1. The zero-order valence-corrected chi connectivity index (χ0v) is 17.7. The number of hydrogen-bond acceptors (Lipinski definition) is 5. The van der Waals surface area contributed by atoms with Crippen molar-refractivity contribution in [2.75, 3.05) is 12.4 Å². The summed E-state index contributed by atoms with van der Waals surface area (Å²) in [6.45, 7) is 0. The van der Waals surface area contributed by atoms with Crippen molar-refractivity contribution in [3.8, 4) is 27.6 Å². The van der Waals surface area contributed by atoms with Crippen molar-refractivity contribution < 1.29 is 9.53 Å². The molecule has 30 heavy (non-hydrogen) atoms. The van der Waals surface area contributed by atoms with Gasteiger partial charge in [-0.1, -0.05) is 29.8 Å². The van der Waals surface area contributed by atoms with E-state index in [1.54, 1.807) is 36.8 Å². The van der Waals surface area contributed by atoms with Gasteiger partial charge >= 0.3 is 0 Å². The summed E-state index contributed by atoms with van der Waals surface area (Å²) in [4.78, 5) is 22.8. The maximum Gasteiger partial charge on any atom is 0.230 e. The van der Waals surface area contributed by atoms with Crippen LogP contribution in [0.3, 0.4) is 0 Å². The van der Waals surface area contributed by atoms with Gasteiger partial charge in [0, 0.05) is 10.6 Å². The molecule has 0 aliphatic heterocycles. The van der Waals surface area contributed by atoms with Crippen molar-refractivity contribution in [3.05, 3.63) is 82.8 Å². The number of amides is 1. The molecule has 150 valence electrons. The first-order valence-electron chi connectivity index (χ1n) is 9.22. The normalized spacial score (nSPS) is 10.6. The van der Waals surface area contributed by atoms with Gasteiger partial charge in [0.15, 0.2) is 5.82 Å². The monoisotopic (exact) mass is 435 g/mol. The van der Waals surface area contributed by atoms with E-state index >= 15 is 0 Å². The van der Waals surface area contributed by atoms with Crippen molar-refractivity contribution in [2.24, 2.45) is 0 Å². The van der Waals surface area contributed by atoms with Crippen LogP contribution in [0.25, 0.3) is 21.8 Å². The number of carbonyl (C=O) groups excluding carboxylic acids is 1. The maximum atomic E-state index is 12.6. The van der Waals surface area contributed by atoms with Crippen molar-refractivity contribution in [1.82, 2.24) is 9.97 Å². The van der Waals surface area contributed by atoms with Gasteiger partial charge < -0.3 is 10.1 Å². The molecule has 0 unspecified atom stereocenters. The summed E-state index contributed by atoms with van der Waals surface area (Å²) in [5, 5.41) is 5.51. The molecule has 0 aliphatic rings. The van der Waals surface area contributed by atoms with Crippen LogP contribution in [0.5, 0.6) is 5.75 Å². The van der Waals surface area contributed by atoms with Crippen LogP contribution in [0, 0.1) is 0 Å². The van der Waals surface area contributed by atoms with E-state index in [2.05, 4.69) is 10.3 Å². The Bertz CT molecular complexity index is 1140. The van der Waals surface area contributed by atoms with Crippen molar-refractivity contribution in [3.63, 3.8) is 0 Å². The number of methoxy groups -OCH3 is 1. The molecule has 1 amide bonds. The van der Waals surface area contributed by atoms with Gasteiger partial charge in [-0.2, -0.15) is 0 Å². The SMILES string of the molecule is COc1ccc(-c2cnc(NC(=O)Cc3ccc(Cl)cc3)c(-c3cccs3)n2)cc1. The third-order valence-corrected chi connectivity index (χ3v) is 5.58. The van der Waals surface area contributed by atoms with Crippen LogP contribution in [0.15, 0.2) is 72.2 Å². The van der Waals surface area contributed by atoms with Gasteiger partial charge in [-0.05, 0) is 53.4 Å². The van der Waals surface area contributed by atoms with Gasteiger partial charge in [-0.3, -0.25) is 4.79 Å². The highest BCUT2D eigenvalue weighted by atomic mass is 35.5. The molecular formula is C23H18ClN3O2S. The van der Waals surface area contributed by atoms with Gasteiger partial charge in [-0.25, -0.2) is 9.97 Å². The molecule has 1 N–H and O–H groups in total. The predicted octanol–water partition coefficient (Wildman–Crippen LogP) is 5.72. The maximum absolute atomic E-state index is 12.6. The Labute approximate surface area is 183 Å². The molecule has 0 spiro atoms. The Morgan fingerprint density at radius 1 is 1.10 bits per heavy atom. The minimum atomic E-state index is -0.165. The van der Waals surface area contributed by atoms with Crippen LogP contribution in [0.2, 0.25) is 5.02 Å². The third kappa shape index (κ3) is 4.67. The second kappa shape index (κ2) is 9.07. The number of halogens is 1. The Morgan fingerprint density at radius 3 is 2.53 bits per heavy atom. The largest absolute Gasteiger partial charge is 0.497 e. The molecule has 7 heteroatoms. The van der Waals surface area contributed by atoms with E-state index in [1.807, 2.05) is 53.9 Å². The lowest BCUT2D eigenvalue weighted by Crippen LogP contribution is -2.16. The highest BCUT2D eigenvalue weighted by molar-refractivity contribution is 7.13. The van der Waals surface area contributed by atoms with Gasteiger partial charge in [-0.15, -0.1) is 11.3 Å². The molecule has 4 aromatic rings. The Kier molecular flexibility index (Phi) is 6.07. The molecule has 0 aliphatic carbocycles. The fourth-order valence-electron chi connectivity index (χ4n) is 2.93. The van der Waals surface area contributed by atoms with Crippen molar-refractivity contribution in [1.29, 1.82) is 0 Å². The summed E-state index contributed by atoms with van der Waals surface area (Å²) in [5.41, 5.74) is 3.15. The number of nitrogens with zero attached hydrogens (tertiary/aromatic N) is 2. The first kappa shape index (κ1) is 20.1. The lowest BCUT2D eigenvalue weighted by molar-refractivity contribution is -0.115. The molecule has 0 saturated carbocycles. The standard InChI is InChI=1S/C23H18ClN3O2S/c1-29-18-10-6-16(7-11-18)19-14-25-23(22(26-19)20-3-2-12-30-20)27-21(28)13-15-4-8-17(24)9-5-15/h2-12,14H,13H2,1H3,(H,25,27,28). The van der Waals surface area contributed by atoms with E-state index in [1.165, 1.54) is 0 Å². The zero-order chi connectivity index (χ0) is 20.9. The molecule has 2 heterocycles.